The predicted molar refractivity (Wildman–Crippen MR) is 36.9 cm³/mol. The highest BCUT2D eigenvalue weighted by Crippen LogP contribution is 1.84. The first-order valence-corrected chi connectivity index (χ1v) is 2.36. The van der Waals surface area contributed by atoms with Crippen LogP contribution in [0.2, 0.25) is 0 Å². The molecule has 1 aliphatic rings. The van der Waals surface area contributed by atoms with Crippen LogP contribution in [0.15, 0.2) is 12.2 Å². The lowest BCUT2D eigenvalue weighted by Gasteiger charge is -2.01. The molecule has 1 rings (SSSR count). The van der Waals surface area contributed by atoms with Gasteiger partial charge < -0.3 is 5.32 Å². The van der Waals surface area contributed by atoms with Crippen molar-refractivity contribution in [3.8, 4) is 0 Å². The lowest BCUT2D eigenvalue weighted by Crippen LogP contribution is -2.17. The fraction of sp³-hybridized carbons (Fsp3) is 0.600. The Labute approximate surface area is 54.6 Å². The molecule has 0 amide bonds. The van der Waals surface area contributed by atoms with Gasteiger partial charge in [0.2, 0.25) is 0 Å². The maximum absolute atomic E-state index is 3.20. The van der Waals surface area contributed by atoms with Crippen molar-refractivity contribution in [2.24, 2.45) is 0 Å². The molecule has 1 aliphatic heterocycles. The number of halogens is 1. The molecule has 2 heteroatoms. The molecule has 0 fully saturated rings. The molecule has 7 heavy (non-hydrogen) atoms. The molecule has 1 N–H and O–H groups in total. The average molecular weight is 164 g/mol. The van der Waals surface area contributed by atoms with Gasteiger partial charge in [0.05, 0.1) is 0 Å². The van der Waals surface area contributed by atoms with Gasteiger partial charge in [-0.15, -0.1) is 17.0 Å². The van der Waals surface area contributed by atoms with Gasteiger partial charge in [0.1, 0.15) is 0 Å². The molecule has 1 nitrogen and oxygen atoms in total. The molecule has 0 unspecified atom stereocenters. The minimum absolute atomic E-state index is 0. The fourth-order valence-electron chi connectivity index (χ4n) is 0.572. The zero-order chi connectivity index (χ0) is 4.24. The smallest absolute Gasteiger partial charge is 0.0135 e. The highest BCUT2D eigenvalue weighted by Gasteiger charge is 1.84. The van der Waals surface area contributed by atoms with Crippen molar-refractivity contribution in [2.45, 2.75) is 6.42 Å². The normalized spacial score (nSPS) is 18.3. The van der Waals surface area contributed by atoms with Crippen LogP contribution in [0.25, 0.3) is 0 Å². The van der Waals surface area contributed by atoms with Gasteiger partial charge in [0.15, 0.2) is 0 Å². The first-order valence-electron chi connectivity index (χ1n) is 2.36. The minimum atomic E-state index is 0. The monoisotopic (exact) mass is 163 g/mol. The van der Waals surface area contributed by atoms with Crippen LogP contribution in [0.4, 0.5) is 0 Å². The predicted octanol–water partition coefficient (Wildman–Crippen LogP) is 1.11. The van der Waals surface area contributed by atoms with Gasteiger partial charge in [-0.25, -0.2) is 0 Å². The van der Waals surface area contributed by atoms with Crippen LogP contribution in [0.5, 0.6) is 0 Å². The van der Waals surface area contributed by atoms with Crippen LogP contribution in [0, 0.1) is 0 Å². The van der Waals surface area contributed by atoms with Crippen molar-refractivity contribution < 1.29 is 0 Å². The maximum Gasteiger partial charge on any atom is 0.0135 e. The van der Waals surface area contributed by atoms with Crippen LogP contribution in [0.1, 0.15) is 6.42 Å². The second kappa shape index (κ2) is 4.34. The third kappa shape index (κ3) is 2.83. The van der Waals surface area contributed by atoms with E-state index in [1.165, 1.54) is 6.42 Å². The molecule has 42 valence electrons. The van der Waals surface area contributed by atoms with Gasteiger partial charge in [0, 0.05) is 6.54 Å². The molecule has 0 radical (unpaired) electrons. The number of nitrogens with one attached hydrogen (secondary N) is 1. The van der Waals surface area contributed by atoms with Crippen LogP contribution in [0.3, 0.4) is 0 Å². The van der Waals surface area contributed by atoms with Gasteiger partial charge in [-0.1, -0.05) is 12.2 Å². The van der Waals surface area contributed by atoms with E-state index < -0.39 is 0 Å². The molecule has 1 heterocycles. The largest absolute Gasteiger partial charge is 0.313 e. The lowest BCUT2D eigenvalue weighted by atomic mass is 10.3. The molecule has 0 aromatic rings. The van der Waals surface area contributed by atoms with Crippen LogP contribution in [-0.4, -0.2) is 13.1 Å². The Morgan fingerprint density at radius 2 is 2.14 bits per heavy atom. The van der Waals surface area contributed by atoms with Gasteiger partial charge in [0.25, 0.3) is 0 Å². The average Bonchev–Trinajstić information content (AvgIpc) is 1.72. The topological polar surface area (TPSA) is 12.0 Å². The first kappa shape index (κ1) is 7.18. The second-order valence-corrected chi connectivity index (χ2v) is 1.46. The van der Waals surface area contributed by atoms with E-state index in [2.05, 4.69) is 17.5 Å². The number of hydrogen-bond acceptors (Lipinski definition) is 1. The Morgan fingerprint density at radius 1 is 1.29 bits per heavy atom. The SMILES string of the molecule is Br.C1=CCNCC1. The quantitative estimate of drug-likeness (QED) is 0.529. The molecule has 0 saturated carbocycles. The van der Waals surface area contributed by atoms with Gasteiger partial charge in [-0.05, 0) is 13.0 Å². The maximum atomic E-state index is 3.20. The molecule has 0 aromatic heterocycles. The van der Waals surface area contributed by atoms with Crippen LogP contribution >= 0.6 is 17.0 Å². The van der Waals surface area contributed by atoms with Crippen LogP contribution in [-0.2, 0) is 0 Å². The summed E-state index contributed by atoms with van der Waals surface area (Å²) in [7, 11) is 0. The zero-order valence-electron chi connectivity index (χ0n) is 4.18. The lowest BCUT2D eigenvalue weighted by molar-refractivity contribution is 0.728. The number of hydrogen-bond donors (Lipinski definition) is 1. The van der Waals surface area contributed by atoms with E-state index in [9.17, 15) is 0 Å². The van der Waals surface area contributed by atoms with E-state index in [4.69, 9.17) is 0 Å². The molecule has 0 spiro atoms. The summed E-state index contributed by atoms with van der Waals surface area (Å²) in [5, 5.41) is 3.20. The summed E-state index contributed by atoms with van der Waals surface area (Å²) in [6.07, 6.45) is 5.57. The van der Waals surface area contributed by atoms with Crippen molar-refractivity contribution in [2.75, 3.05) is 13.1 Å². The standard InChI is InChI=1S/C5H9N.BrH/c1-2-4-6-5-3-1;/h1-2,6H,3-5H2;1H. The summed E-state index contributed by atoms with van der Waals surface area (Å²) >= 11 is 0. The van der Waals surface area contributed by atoms with Crippen molar-refractivity contribution in [1.29, 1.82) is 0 Å². The Hall–Kier alpha value is 0.180. The van der Waals surface area contributed by atoms with Crippen molar-refractivity contribution in [1.82, 2.24) is 5.32 Å². The molecule has 0 aliphatic carbocycles. The van der Waals surface area contributed by atoms with Crippen LogP contribution < -0.4 is 5.32 Å². The van der Waals surface area contributed by atoms with E-state index in [1.54, 1.807) is 0 Å². The molecule has 0 saturated heterocycles. The molecule has 0 atom stereocenters. The van der Waals surface area contributed by atoms with Crippen molar-refractivity contribution in [3.05, 3.63) is 12.2 Å². The summed E-state index contributed by atoms with van der Waals surface area (Å²) in [6.45, 7) is 2.23. The zero-order valence-corrected chi connectivity index (χ0v) is 5.90. The minimum Gasteiger partial charge on any atom is -0.313 e. The summed E-state index contributed by atoms with van der Waals surface area (Å²) in [5.74, 6) is 0. The Balaban J connectivity index is 0.000000360. The van der Waals surface area contributed by atoms with Gasteiger partial charge in [-0.3, -0.25) is 0 Å². The van der Waals surface area contributed by atoms with E-state index in [-0.39, 0.29) is 17.0 Å². The summed E-state index contributed by atoms with van der Waals surface area (Å²) in [6, 6.07) is 0. The van der Waals surface area contributed by atoms with Crippen molar-refractivity contribution in [3.63, 3.8) is 0 Å². The number of rotatable bonds is 0. The van der Waals surface area contributed by atoms with Crippen molar-refractivity contribution >= 4 is 17.0 Å². The molecular formula is C5H10BrN. The summed E-state index contributed by atoms with van der Waals surface area (Å²) in [4.78, 5) is 0. The highest BCUT2D eigenvalue weighted by atomic mass is 79.9. The first-order chi connectivity index (χ1) is 3.00. The van der Waals surface area contributed by atoms with E-state index in [0.717, 1.165) is 13.1 Å². The molecule has 0 aromatic carbocycles. The van der Waals surface area contributed by atoms with E-state index >= 15 is 0 Å². The van der Waals surface area contributed by atoms with E-state index in [0.29, 0.717) is 0 Å². The fourth-order valence-corrected chi connectivity index (χ4v) is 0.572. The second-order valence-electron chi connectivity index (χ2n) is 1.46. The summed E-state index contributed by atoms with van der Waals surface area (Å²) in [5.41, 5.74) is 0. The Bertz CT molecular complexity index is 53.1. The highest BCUT2D eigenvalue weighted by molar-refractivity contribution is 8.93. The Kier molecular flexibility index (Phi) is 4.45. The van der Waals surface area contributed by atoms with Gasteiger partial charge in [-0.2, -0.15) is 0 Å². The third-order valence-electron chi connectivity index (χ3n) is 0.917. The molecule has 0 bridgehead atoms. The Morgan fingerprint density at radius 3 is 2.29 bits per heavy atom. The third-order valence-corrected chi connectivity index (χ3v) is 0.917. The molecular weight excluding hydrogens is 154 g/mol. The van der Waals surface area contributed by atoms with E-state index in [1.807, 2.05) is 0 Å². The van der Waals surface area contributed by atoms with Gasteiger partial charge >= 0.3 is 0 Å². The summed E-state index contributed by atoms with van der Waals surface area (Å²) < 4.78 is 0.